The summed E-state index contributed by atoms with van der Waals surface area (Å²) in [5, 5.41) is 37.3. The molecule has 4 N–H and O–H groups in total. The zero-order chi connectivity index (χ0) is 20.2. The molecule has 0 bridgehead atoms. The van der Waals surface area contributed by atoms with Crippen molar-refractivity contribution in [2.24, 2.45) is 0 Å². The van der Waals surface area contributed by atoms with Gasteiger partial charge in [0.1, 0.15) is 0 Å². The van der Waals surface area contributed by atoms with Crippen LogP contribution >= 0.6 is 0 Å². The monoisotopic (exact) mass is 412 g/mol. The minimum atomic E-state index is -4.13. The summed E-state index contributed by atoms with van der Waals surface area (Å²) < 4.78 is 48.0. The third kappa shape index (κ3) is 6.04. The Balaban J connectivity index is 2.14. The summed E-state index contributed by atoms with van der Waals surface area (Å²) in [6.45, 7) is 0. The first-order valence-corrected chi connectivity index (χ1v) is 10.8. The summed E-state index contributed by atoms with van der Waals surface area (Å²) in [7, 11) is -8.27. The normalized spacial score (nSPS) is 12.7. The predicted octanol–water partition coefficient (Wildman–Crippen LogP) is 1.94. The summed E-state index contributed by atoms with van der Waals surface area (Å²) >= 11 is 0. The minimum Gasteiger partial charge on any atom is -0.504 e. The van der Waals surface area contributed by atoms with Crippen molar-refractivity contribution in [2.45, 2.75) is 0 Å². The lowest BCUT2D eigenvalue weighted by Gasteiger charge is -2.01. The molecule has 0 aromatic heterocycles. The average Bonchev–Trinajstić information content (AvgIpc) is 2.56. The van der Waals surface area contributed by atoms with Crippen molar-refractivity contribution >= 4 is 31.8 Å². The molecular formula is C17H16O8S2. The zero-order valence-electron chi connectivity index (χ0n) is 13.7. The second-order valence-corrected chi connectivity index (χ2v) is 9.68. The van der Waals surface area contributed by atoms with Crippen LogP contribution < -0.4 is 0 Å². The number of aromatic hydroxyl groups is 4. The Kier molecular flexibility index (Phi) is 5.82. The highest BCUT2D eigenvalue weighted by Crippen LogP contribution is 2.26. The van der Waals surface area contributed by atoms with E-state index in [9.17, 15) is 37.3 Å². The number of rotatable bonds is 6. The zero-order valence-corrected chi connectivity index (χ0v) is 15.4. The van der Waals surface area contributed by atoms with E-state index in [4.69, 9.17) is 0 Å². The van der Waals surface area contributed by atoms with Gasteiger partial charge < -0.3 is 20.4 Å². The molecule has 2 aromatic rings. The molecule has 0 amide bonds. The van der Waals surface area contributed by atoms with Gasteiger partial charge in [0, 0.05) is 10.8 Å². The number of hydrogen-bond donors (Lipinski definition) is 4. The SMILES string of the molecule is O=S(=O)(/C=C/c1ccc(O)c(O)c1)CS(=O)(=O)/C=C/c1ccc(O)c(O)c1. The number of phenols is 4. The van der Waals surface area contributed by atoms with Crippen LogP contribution in [0.1, 0.15) is 11.1 Å². The number of benzene rings is 2. The highest BCUT2D eigenvalue weighted by atomic mass is 32.3. The third-order valence-electron chi connectivity index (χ3n) is 3.26. The van der Waals surface area contributed by atoms with Crippen LogP contribution in [0.25, 0.3) is 12.2 Å². The Bertz CT molecular complexity index is 1020. The van der Waals surface area contributed by atoms with Gasteiger partial charge in [-0.25, -0.2) is 16.8 Å². The highest BCUT2D eigenvalue weighted by Gasteiger charge is 2.17. The van der Waals surface area contributed by atoms with E-state index in [1.54, 1.807) is 0 Å². The number of sulfone groups is 2. The average molecular weight is 412 g/mol. The first-order valence-electron chi connectivity index (χ1n) is 7.33. The quantitative estimate of drug-likeness (QED) is 0.526. The largest absolute Gasteiger partial charge is 0.504 e. The van der Waals surface area contributed by atoms with E-state index in [0.29, 0.717) is 10.8 Å². The second-order valence-electron chi connectivity index (χ2n) is 5.55. The van der Waals surface area contributed by atoms with Crippen LogP contribution in [0.2, 0.25) is 0 Å². The summed E-state index contributed by atoms with van der Waals surface area (Å²) in [5.41, 5.74) is 0.503. The molecule has 0 fully saturated rings. The van der Waals surface area contributed by atoms with E-state index < -0.39 is 36.3 Å². The van der Waals surface area contributed by atoms with Crippen molar-refractivity contribution in [3.05, 3.63) is 58.3 Å². The predicted molar refractivity (Wildman–Crippen MR) is 100 cm³/mol. The maximum atomic E-state index is 12.0. The molecular weight excluding hydrogens is 396 g/mol. The minimum absolute atomic E-state index is 0.251. The third-order valence-corrected chi connectivity index (χ3v) is 6.99. The van der Waals surface area contributed by atoms with Gasteiger partial charge in [0.05, 0.1) is 0 Å². The van der Waals surface area contributed by atoms with Gasteiger partial charge in [0.25, 0.3) is 0 Å². The van der Waals surface area contributed by atoms with Gasteiger partial charge >= 0.3 is 0 Å². The fraction of sp³-hybridized carbons (Fsp3) is 0.0588. The van der Waals surface area contributed by atoms with Gasteiger partial charge in [-0.1, -0.05) is 12.1 Å². The lowest BCUT2D eigenvalue weighted by molar-refractivity contribution is 0.403. The van der Waals surface area contributed by atoms with Crippen LogP contribution in [0, 0.1) is 0 Å². The van der Waals surface area contributed by atoms with Crippen LogP contribution in [-0.4, -0.2) is 42.3 Å². The van der Waals surface area contributed by atoms with Crippen molar-refractivity contribution in [3.63, 3.8) is 0 Å². The summed E-state index contributed by atoms with van der Waals surface area (Å²) in [4.78, 5) is 0. The Labute approximate surface area is 155 Å². The standard InChI is InChI=1S/C17H16O8S2/c18-14-3-1-12(9-16(14)20)5-7-26(22,23)11-27(24,25)8-6-13-2-4-15(19)17(21)10-13/h1-10,18-21H,11H2/b7-5+,8-6+. The molecule has 0 spiro atoms. The molecule has 0 aliphatic rings. The summed E-state index contributed by atoms with van der Waals surface area (Å²) in [6.07, 6.45) is 2.18. The smallest absolute Gasteiger partial charge is 0.186 e. The van der Waals surface area contributed by atoms with Crippen molar-refractivity contribution in [1.82, 2.24) is 0 Å². The molecule has 0 unspecified atom stereocenters. The molecule has 2 aromatic carbocycles. The molecule has 8 nitrogen and oxygen atoms in total. The van der Waals surface area contributed by atoms with Crippen LogP contribution in [0.3, 0.4) is 0 Å². The highest BCUT2D eigenvalue weighted by molar-refractivity contribution is 8.10. The van der Waals surface area contributed by atoms with Gasteiger partial charge in [0.15, 0.2) is 47.8 Å². The molecule has 2 rings (SSSR count). The topological polar surface area (TPSA) is 149 Å². The summed E-state index contributed by atoms with van der Waals surface area (Å²) in [6, 6.07) is 7.24. The van der Waals surface area contributed by atoms with Crippen molar-refractivity contribution in [2.75, 3.05) is 5.08 Å². The molecule has 0 heterocycles. The van der Waals surface area contributed by atoms with Crippen molar-refractivity contribution < 1.29 is 37.3 Å². The summed E-state index contributed by atoms with van der Waals surface area (Å²) in [5.74, 6) is -1.63. The molecule has 0 radical (unpaired) electrons. The Morgan fingerprint density at radius 1 is 0.630 bits per heavy atom. The van der Waals surface area contributed by atoms with Gasteiger partial charge in [-0.3, -0.25) is 0 Å². The van der Waals surface area contributed by atoms with Crippen LogP contribution in [0.4, 0.5) is 0 Å². The molecule has 10 heteroatoms. The van der Waals surface area contributed by atoms with Crippen LogP contribution in [0.5, 0.6) is 23.0 Å². The van der Waals surface area contributed by atoms with E-state index in [-0.39, 0.29) is 22.6 Å². The van der Waals surface area contributed by atoms with Gasteiger partial charge in [-0.05, 0) is 47.5 Å². The molecule has 0 saturated heterocycles. The molecule has 0 aliphatic carbocycles. The van der Waals surface area contributed by atoms with Gasteiger partial charge in [-0.15, -0.1) is 0 Å². The fourth-order valence-corrected chi connectivity index (χ4v) is 5.15. The van der Waals surface area contributed by atoms with E-state index in [2.05, 4.69) is 0 Å². The van der Waals surface area contributed by atoms with E-state index in [0.717, 1.165) is 36.4 Å². The van der Waals surface area contributed by atoms with Crippen LogP contribution in [0.15, 0.2) is 47.2 Å². The number of phenolic OH excluding ortho intramolecular Hbond substituents is 4. The maximum absolute atomic E-state index is 12.0. The van der Waals surface area contributed by atoms with Crippen molar-refractivity contribution in [1.29, 1.82) is 0 Å². The fourth-order valence-electron chi connectivity index (χ4n) is 1.96. The lowest BCUT2D eigenvalue weighted by atomic mass is 10.2. The molecule has 0 atom stereocenters. The molecule has 144 valence electrons. The Hall–Kier alpha value is -2.98. The number of hydrogen-bond acceptors (Lipinski definition) is 8. The first-order chi connectivity index (χ1) is 12.5. The van der Waals surface area contributed by atoms with Crippen molar-refractivity contribution in [3.8, 4) is 23.0 Å². The molecule has 0 aliphatic heterocycles. The van der Waals surface area contributed by atoms with E-state index >= 15 is 0 Å². The molecule has 0 saturated carbocycles. The Morgan fingerprint density at radius 2 is 1.00 bits per heavy atom. The van der Waals surface area contributed by atoms with E-state index in [1.807, 2.05) is 0 Å². The van der Waals surface area contributed by atoms with Gasteiger partial charge in [-0.2, -0.15) is 0 Å². The van der Waals surface area contributed by atoms with Gasteiger partial charge in [0.2, 0.25) is 0 Å². The molecule has 27 heavy (non-hydrogen) atoms. The Morgan fingerprint density at radius 3 is 1.33 bits per heavy atom. The van der Waals surface area contributed by atoms with E-state index in [1.165, 1.54) is 12.1 Å². The first kappa shape index (κ1) is 20.3. The lowest BCUT2D eigenvalue weighted by Crippen LogP contribution is -2.11. The second kappa shape index (κ2) is 7.72. The maximum Gasteiger partial charge on any atom is 0.186 e. The van der Waals surface area contributed by atoms with Crippen LogP contribution in [-0.2, 0) is 19.7 Å².